The van der Waals surface area contributed by atoms with Gasteiger partial charge in [0, 0.05) is 13.1 Å². The third-order valence-electron chi connectivity index (χ3n) is 3.53. The highest BCUT2D eigenvalue weighted by Gasteiger charge is 2.27. The van der Waals surface area contributed by atoms with Crippen molar-refractivity contribution in [3.63, 3.8) is 0 Å². The Balaban J connectivity index is 2.12. The number of esters is 1. The van der Waals surface area contributed by atoms with E-state index in [0.717, 1.165) is 0 Å². The Kier molecular flexibility index (Phi) is 7.21. The second kappa shape index (κ2) is 8.95. The van der Waals surface area contributed by atoms with Gasteiger partial charge in [0.05, 0.1) is 41.4 Å². The summed E-state index contributed by atoms with van der Waals surface area (Å²) in [6, 6.07) is 4.01. The molecule has 1 fully saturated rings. The van der Waals surface area contributed by atoms with Gasteiger partial charge >= 0.3 is 5.97 Å². The molecule has 2 rings (SSSR count). The van der Waals surface area contributed by atoms with Crippen LogP contribution >= 0.6 is 11.6 Å². The van der Waals surface area contributed by atoms with E-state index in [1.165, 1.54) is 22.5 Å². The number of carbonyl (C=O) groups is 1. The lowest BCUT2D eigenvalue weighted by atomic mass is 10.2. The summed E-state index contributed by atoms with van der Waals surface area (Å²) in [6.07, 6.45) is 0.0317. The molecule has 0 spiro atoms. The fraction of sp³-hybridized carbons (Fsp3) is 0.562. The number of carbonyl (C=O) groups excluding carboxylic acids is 1. The van der Waals surface area contributed by atoms with Crippen molar-refractivity contribution < 1.29 is 27.4 Å². The van der Waals surface area contributed by atoms with Crippen molar-refractivity contribution in [1.82, 2.24) is 4.31 Å². The Morgan fingerprint density at radius 2 is 1.96 bits per heavy atom. The summed E-state index contributed by atoms with van der Waals surface area (Å²) in [7, 11) is -3.71. The van der Waals surface area contributed by atoms with Crippen LogP contribution in [0.5, 0.6) is 0 Å². The number of halogens is 1. The van der Waals surface area contributed by atoms with E-state index in [-0.39, 0.29) is 47.9 Å². The molecule has 0 aromatic heterocycles. The number of ether oxygens (including phenoxy) is 3. The van der Waals surface area contributed by atoms with Crippen molar-refractivity contribution in [1.29, 1.82) is 0 Å². The van der Waals surface area contributed by atoms with E-state index in [2.05, 4.69) is 0 Å². The van der Waals surface area contributed by atoms with Crippen LogP contribution in [0.2, 0.25) is 5.02 Å². The summed E-state index contributed by atoms with van der Waals surface area (Å²) in [5, 5.41) is 0.135. The van der Waals surface area contributed by atoms with Crippen LogP contribution in [0.25, 0.3) is 0 Å². The molecule has 0 radical (unpaired) electrons. The molecule has 0 amide bonds. The lowest BCUT2D eigenvalue weighted by Crippen LogP contribution is -2.40. The van der Waals surface area contributed by atoms with Crippen molar-refractivity contribution in [3.05, 3.63) is 28.8 Å². The molecule has 0 unspecified atom stereocenters. The highest BCUT2D eigenvalue weighted by Crippen LogP contribution is 2.24. The molecule has 1 aromatic rings. The minimum atomic E-state index is -3.71. The van der Waals surface area contributed by atoms with E-state index in [1.807, 2.05) is 13.8 Å². The average Bonchev–Trinajstić information content (AvgIpc) is 2.59. The van der Waals surface area contributed by atoms with Gasteiger partial charge in [-0.3, -0.25) is 0 Å². The SMILES string of the molecule is CC(C)OCCOC(=O)c1cc(S(=O)(=O)N2CCOCC2)ccc1Cl. The van der Waals surface area contributed by atoms with Crippen LogP contribution in [0.4, 0.5) is 0 Å². The van der Waals surface area contributed by atoms with Gasteiger partial charge in [-0.2, -0.15) is 4.31 Å². The largest absolute Gasteiger partial charge is 0.460 e. The zero-order valence-corrected chi connectivity index (χ0v) is 15.8. The third-order valence-corrected chi connectivity index (χ3v) is 5.76. The molecule has 0 bridgehead atoms. The van der Waals surface area contributed by atoms with Crippen LogP contribution in [-0.4, -0.2) is 64.3 Å². The number of nitrogens with zero attached hydrogens (tertiary/aromatic N) is 1. The number of rotatable bonds is 7. The second-order valence-electron chi connectivity index (χ2n) is 5.71. The predicted octanol–water partition coefficient (Wildman–Crippen LogP) is 1.94. The lowest BCUT2D eigenvalue weighted by Gasteiger charge is -2.26. The minimum absolute atomic E-state index is 0.00387. The van der Waals surface area contributed by atoms with Gasteiger partial charge in [-0.05, 0) is 32.0 Å². The van der Waals surface area contributed by atoms with Crippen molar-refractivity contribution >= 4 is 27.6 Å². The van der Waals surface area contributed by atoms with Crippen LogP contribution < -0.4 is 0 Å². The van der Waals surface area contributed by atoms with E-state index in [9.17, 15) is 13.2 Å². The first kappa shape index (κ1) is 20.1. The number of sulfonamides is 1. The number of hydrogen-bond donors (Lipinski definition) is 0. The number of hydrogen-bond acceptors (Lipinski definition) is 6. The van der Waals surface area contributed by atoms with E-state index in [0.29, 0.717) is 13.2 Å². The molecule has 1 aliphatic rings. The molecule has 1 heterocycles. The first-order valence-corrected chi connectivity index (χ1v) is 9.80. The maximum atomic E-state index is 12.7. The van der Waals surface area contributed by atoms with E-state index in [1.54, 1.807) is 0 Å². The standard InChI is InChI=1S/C16H22ClNO6S/c1-12(2)23-9-10-24-16(19)14-11-13(3-4-15(14)17)25(20,21)18-5-7-22-8-6-18/h3-4,11-12H,5-10H2,1-2H3. The van der Waals surface area contributed by atoms with E-state index >= 15 is 0 Å². The molecule has 1 saturated heterocycles. The van der Waals surface area contributed by atoms with Crippen molar-refractivity contribution in [2.24, 2.45) is 0 Å². The summed E-state index contributed by atoms with van der Waals surface area (Å²) in [5.41, 5.74) is 0.0144. The summed E-state index contributed by atoms with van der Waals surface area (Å²) in [6.45, 7) is 5.31. The van der Waals surface area contributed by atoms with Gasteiger partial charge in [-0.25, -0.2) is 13.2 Å². The lowest BCUT2D eigenvalue weighted by molar-refractivity contribution is 0.0177. The molecular weight excluding hydrogens is 370 g/mol. The van der Waals surface area contributed by atoms with Gasteiger partial charge in [-0.1, -0.05) is 11.6 Å². The monoisotopic (exact) mass is 391 g/mol. The first-order valence-electron chi connectivity index (χ1n) is 7.98. The summed E-state index contributed by atoms with van der Waals surface area (Å²) >= 11 is 6.03. The molecule has 7 nitrogen and oxygen atoms in total. The van der Waals surface area contributed by atoms with Crippen molar-refractivity contribution in [2.75, 3.05) is 39.5 Å². The van der Waals surface area contributed by atoms with Crippen LogP contribution in [0.3, 0.4) is 0 Å². The zero-order chi connectivity index (χ0) is 18.4. The van der Waals surface area contributed by atoms with Crippen LogP contribution in [-0.2, 0) is 24.2 Å². The molecular formula is C16H22ClNO6S. The molecule has 0 aliphatic carbocycles. The number of morpholine rings is 1. The highest BCUT2D eigenvalue weighted by atomic mass is 35.5. The van der Waals surface area contributed by atoms with Gasteiger partial charge in [0.2, 0.25) is 10.0 Å². The van der Waals surface area contributed by atoms with Gasteiger partial charge in [0.15, 0.2) is 0 Å². The van der Waals surface area contributed by atoms with Crippen LogP contribution in [0.1, 0.15) is 24.2 Å². The molecule has 140 valence electrons. The fourth-order valence-electron chi connectivity index (χ4n) is 2.25. The average molecular weight is 392 g/mol. The molecule has 9 heteroatoms. The molecule has 1 aromatic carbocycles. The quantitative estimate of drug-likeness (QED) is 0.522. The minimum Gasteiger partial charge on any atom is -0.460 e. The van der Waals surface area contributed by atoms with Gasteiger partial charge in [0.25, 0.3) is 0 Å². The molecule has 25 heavy (non-hydrogen) atoms. The summed E-state index contributed by atoms with van der Waals surface area (Å²) in [4.78, 5) is 12.2. The smallest absolute Gasteiger partial charge is 0.339 e. The maximum Gasteiger partial charge on any atom is 0.339 e. The predicted molar refractivity (Wildman–Crippen MR) is 92.4 cm³/mol. The Hall–Kier alpha value is -1.19. The Labute approximate surface area is 152 Å². The van der Waals surface area contributed by atoms with Gasteiger partial charge in [0.1, 0.15) is 6.61 Å². The zero-order valence-electron chi connectivity index (χ0n) is 14.2. The van der Waals surface area contributed by atoms with E-state index in [4.69, 9.17) is 25.8 Å². The first-order chi connectivity index (χ1) is 11.8. The van der Waals surface area contributed by atoms with Crippen LogP contribution in [0, 0.1) is 0 Å². The topological polar surface area (TPSA) is 82.1 Å². The molecule has 0 N–H and O–H groups in total. The van der Waals surface area contributed by atoms with E-state index < -0.39 is 16.0 Å². The normalized spacial score (nSPS) is 16.2. The summed E-state index contributed by atoms with van der Waals surface area (Å²) in [5.74, 6) is -0.684. The Bertz CT molecular complexity index is 701. The third kappa shape index (κ3) is 5.39. The molecule has 0 atom stereocenters. The van der Waals surface area contributed by atoms with Crippen molar-refractivity contribution in [3.8, 4) is 0 Å². The second-order valence-corrected chi connectivity index (χ2v) is 8.06. The number of benzene rings is 1. The maximum absolute atomic E-state index is 12.7. The van der Waals surface area contributed by atoms with Gasteiger partial charge in [-0.15, -0.1) is 0 Å². The Morgan fingerprint density at radius 3 is 2.60 bits per heavy atom. The fourth-order valence-corrected chi connectivity index (χ4v) is 3.88. The molecule has 0 saturated carbocycles. The summed E-state index contributed by atoms with van der Waals surface area (Å²) < 4.78 is 42.2. The van der Waals surface area contributed by atoms with Crippen molar-refractivity contribution in [2.45, 2.75) is 24.8 Å². The van der Waals surface area contributed by atoms with Gasteiger partial charge < -0.3 is 14.2 Å². The van der Waals surface area contributed by atoms with Crippen LogP contribution in [0.15, 0.2) is 23.1 Å². The molecule has 1 aliphatic heterocycles. The Morgan fingerprint density at radius 1 is 1.28 bits per heavy atom. The highest BCUT2D eigenvalue weighted by molar-refractivity contribution is 7.89.